The van der Waals surface area contributed by atoms with E-state index in [2.05, 4.69) is 21.7 Å². The average molecular weight is 595 g/mol. The Hall–Kier alpha value is -5.64. The van der Waals surface area contributed by atoms with Crippen LogP contribution in [0.2, 0.25) is 0 Å². The zero-order chi connectivity index (χ0) is 31.0. The van der Waals surface area contributed by atoms with Crippen molar-refractivity contribution in [1.82, 2.24) is 21.7 Å². The topological polar surface area (TPSA) is 135 Å². The molecule has 0 aromatic heterocycles. The molecule has 0 aliphatic rings. The number of carbonyl (C=O) groups excluding carboxylic acids is 4. The monoisotopic (exact) mass is 594 g/mol. The average Bonchev–Trinajstić information content (AvgIpc) is 3.07. The number of carbonyl (C=O) groups is 4. The number of nitrogens with one attached hydrogen (secondary N) is 4. The minimum Gasteiger partial charge on any atom is -0.483 e. The summed E-state index contributed by atoms with van der Waals surface area (Å²) in [6.45, 7) is -0.554. The fourth-order valence-electron chi connectivity index (χ4n) is 4.23. The summed E-state index contributed by atoms with van der Waals surface area (Å²) in [5.74, 6) is -0.715. The smallest absolute Gasteiger partial charge is 0.276 e. The van der Waals surface area contributed by atoms with E-state index in [0.29, 0.717) is 24.3 Å². The molecule has 0 fully saturated rings. The Morgan fingerprint density at radius 3 is 1.18 bits per heavy atom. The Balaban J connectivity index is 1.06. The van der Waals surface area contributed by atoms with E-state index in [1.807, 2.05) is 97.1 Å². The highest BCUT2D eigenvalue weighted by Crippen LogP contribution is 2.30. The first-order valence-corrected chi connectivity index (χ1v) is 14.2. The van der Waals surface area contributed by atoms with Gasteiger partial charge in [-0.15, -0.1) is 0 Å². The van der Waals surface area contributed by atoms with Crippen LogP contribution in [-0.4, -0.2) is 36.8 Å². The van der Waals surface area contributed by atoms with Crippen LogP contribution in [0.3, 0.4) is 0 Å². The minimum atomic E-state index is -0.510. The fourth-order valence-corrected chi connectivity index (χ4v) is 4.23. The van der Waals surface area contributed by atoms with Crippen LogP contribution in [0.5, 0.6) is 11.5 Å². The summed E-state index contributed by atoms with van der Waals surface area (Å²) in [4.78, 5) is 48.5. The number of hydrogen-bond acceptors (Lipinski definition) is 6. The van der Waals surface area contributed by atoms with Crippen LogP contribution >= 0.6 is 0 Å². The van der Waals surface area contributed by atoms with Gasteiger partial charge in [-0.3, -0.25) is 40.9 Å². The first-order chi connectivity index (χ1) is 21.5. The number of hydrogen-bond donors (Lipinski definition) is 4. The van der Waals surface area contributed by atoms with Crippen molar-refractivity contribution in [2.45, 2.75) is 25.7 Å². The van der Waals surface area contributed by atoms with Crippen molar-refractivity contribution in [1.29, 1.82) is 0 Å². The quantitative estimate of drug-likeness (QED) is 0.134. The first-order valence-electron chi connectivity index (χ1n) is 14.2. The zero-order valence-electron chi connectivity index (χ0n) is 24.1. The molecule has 0 saturated heterocycles. The second-order valence-electron chi connectivity index (χ2n) is 9.70. The van der Waals surface area contributed by atoms with Gasteiger partial charge in [-0.1, -0.05) is 97.1 Å². The van der Waals surface area contributed by atoms with Gasteiger partial charge in [-0.25, -0.2) is 0 Å². The Labute approximate surface area is 255 Å². The van der Waals surface area contributed by atoms with Gasteiger partial charge < -0.3 is 9.47 Å². The first kappa shape index (κ1) is 31.3. The third-order valence-corrected chi connectivity index (χ3v) is 6.40. The predicted octanol–water partition coefficient (Wildman–Crippen LogP) is 4.33. The molecule has 0 bridgehead atoms. The van der Waals surface area contributed by atoms with E-state index in [-0.39, 0.29) is 26.1 Å². The number of hydrazine groups is 2. The van der Waals surface area contributed by atoms with Gasteiger partial charge in [-0.05, 0) is 36.1 Å². The molecule has 44 heavy (non-hydrogen) atoms. The molecule has 0 atom stereocenters. The summed E-state index contributed by atoms with van der Waals surface area (Å²) in [5.41, 5.74) is 13.0. The lowest BCUT2D eigenvalue weighted by Crippen LogP contribution is -2.44. The molecule has 0 radical (unpaired) electrons. The molecule has 0 saturated carbocycles. The predicted molar refractivity (Wildman–Crippen MR) is 166 cm³/mol. The lowest BCUT2D eigenvalue weighted by molar-refractivity contribution is -0.130. The number of para-hydroxylation sites is 2. The van der Waals surface area contributed by atoms with E-state index in [0.717, 1.165) is 22.3 Å². The van der Waals surface area contributed by atoms with E-state index < -0.39 is 23.6 Å². The highest BCUT2D eigenvalue weighted by atomic mass is 16.5. The third kappa shape index (κ3) is 10.0. The molecule has 226 valence electrons. The standard InChI is InChI=1S/C34H34N4O6/c39-31(35-37-33(41)23-43-29-19-9-7-17-27(29)25-13-3-1-4-14-25)21-11-12-22-32(40)36-38-34(42)24-44-30-20-10-8-18-28(30)26-15-5-2-6-16-26/h1-10,13-20H,11-12,21-24H2,(H,35,39)(H,36,40)(H,37,41)(H,38,42). The maximum atomic E-state index is 12.2. The van der Waals surface area contributed by atoms with Crippen molar-refractivity contribution in [3.05, 3.63) is 109 Å². The summed E-state index contributed by atoms with van der Waals surface area (Å²) >= 11 is 0. The molecule has 0 spiro atoms. The normalized spacial score (nSPS) is 10.3. The van der Waals surface area contributed by atoms with Gasteiger partial charge >= 0.3 is 0 Å². The van der Waals surface area contributed by atoms with Gasteiger partial charge in [-0.2, -0.15) is 0 Å². The highest BCUT2D eigenvalue weighted by molar-refractivity contribution is 5.84. The summed E-state index contributed by atoms with van der Waals surface area (Å²) in [5, 5.41) is 0. The Morgan fingerprint density at radius 1 is 0.432 bits per heavy atom. The number of amides is 4. The second kappa shape index (κ2) is 16.7. The fraction of sp³-hybridized carbons (Fsp3) is 0.176. The van der Waals surface area contributed by atoms with Crippen LogP contribution in [-0.2, 0) is 19.2 Å². The van der Waals surface area contributed by atoms with Crippen molar-refractivity contribution < 1.29 is 28.7 Å². The molecule has 10 heteroatoms. The van der Waals surface area contributed by atoms with E-state index in [1.54, 1.807) is 12.1 Å². The van der Waals surface area contributed by atoms with Crippen LogP contribution < -0.4 is 31.2 Å². The molecule has 10 nitrogen and oxygen atoms in total. The van der Waals surface area contributed by atoms with Crippen molar-refractivity contribution in [2.75, 3.05) is 13.2 Å². The molecular weight excluding hydrogens is 560 g/mol. The van der Waals surface area contributed by atoms with E-state index in [9.17, 15) is 19.2 Å². The lowest BCUT2D eigenvalue weighted by atomic mass is 10.1. The largest absolute Gasteiger partial charge is 0.483 e. The van der Waals surface area contributed by atoms with Crippen molar-refractivity contribution in [3.63, 3.8) is 0 Å². The minimum absolute atomic E-state index is 0.103. The Morgan fingerprint density at radius 2 is 0.773 bits per heavy atom. The third-order valence-electron chi connectivity index (χ3n) is 6.40. The van der Waals surface area contributed by atoms with Crippen molar-refractivity contribution in [2.24, 2.45) is 0 Å². The van der Waals surface area contributed by atoms with Crippen LogP contribution in [0.1, 0.15) is 25.7 Å². The Kier molecular flexibility index (Phi) is 11.9. The lowest BCUT2D eigenvalue weighted by Gasteiger charge is -2.12. The molecule has 0 unspecified atom stereocenters. The van der Waals surface area contributed by atoms with E-state index in [1.165, 1.54) is 0 Å². The van der Waals surface area contributed by atoms with Crippen molar-refractivity contribution in [3.8, 4) is 33.8 Å². The highest BCUT2D eigenvalue weighted by Gasteiger charge is 2.11. The molecule has 0 aliphatic carbocycles. The molecule has 0 heterocycles. The van der Waals surface area contributed by atoms with E-state index in [4.69, 9.17) is 9.47 Å². The van der Waals surface area contributed by atoms with Gasteiger partial charge in [0, 0.05) is 24.0 Å². The molecule has 4 rings (SSSR count). The van der Waals surface area contributed by atoms with Gasteiger partial charge in [0.2, 0.25) is 11.8 Å². The second-order valence-corrected chi connectivity index (χ2v) is 9.70. The van der Waals surface area contributed by atoms with Gasteiger partial charge in [0.15, 0.2) is 13.2 Å². The number of rotatable bonds is 13. The van der Waals surface area contributed by atoms with Gasteiger partial charge in [0.1, 0.15) is 11.5 Å². The van der Waals surface area contributed by atoms with Gasteiger partial charge in [0.25, 0.3) is 11.8 Å². The molecule has 4 amide bonds. The van der Waals surface area contributed by atoms with Crippen molar-refractivity contribution >= 4 is 23.6 Å². The van der Waals surface area contributed by atoms with E-state index >= 15 is 0 Å². The number of unbranched alkanes of at least 4 members (excludes halogenated alkanes) is 1. The van der Waals surface area contributed by atoms with Gasteiger partial charge in [0.05, 0.1) is 0 Å². The number of ether oxygens (including phenoxy) is 2. The molecule has 4 aromatic carbocycles. The van der Waals surface area contributed by atoms with Crippen LogP contribution in [0.4, 0.5) is 0 Å². The Bertz CT molecular complexity index is 1430. The van der Waals surface area contributed by atoms with Crippen LogP contribution in [0.25, 0.3) is 22.3 Å². The van der Waals surface area contributed by atoms with Crippen LogP contribution in [0, 0.1) is 0 Å². The molecule has 0 aliphatic heterocycles. The SMILES string of the molecule is O=C(CCCCC(=O)NNC(=O)COc1ccccc1-c1ccccc1)NNC(=O)COc1ccccc1-c1ccccc1. The molecular formula is C34H34N4O6. The molecule has 4 N–H and O–H groups in total. The number of benzene rings is 4. The summed E-state index contributed by atoms with van der Waals surface area (Å²) in [6, 6.07) is 34.1. The molecule has 4 aromatic rings. The summed E-state index contributed by atoms with van der Waals surface area (Å²) in [7, 11) is 0. The maximum Gasteiger partial charge on any atom is 0.276 e. The summed E-state index contributed by atoms with van der Waals surface area (Å²) < 4.78 is 11.3. The van der Waals surface area contributed by atoms with Crippen LogP contribution in [0.15, 0.2) is 109 Å². The maximum absolute atomic E-state index is 12.2. The summed E-state index contributed by atoms with van der Waals surface area (Å²) in [6.07, 6.45) is 1.02. The zero-order valence-corrected chi connectivity index (χ0v) is 24.1.